The van der Waals surface area contributed by atoms with Gasteiger partial charge in [0.1, 0.15) is 15.8 Å². The van der Waals surface area contributed by atoms with Gasteiger partial charge >= 0.3 is 0 Å². The molecular weight excluding hydrogens is 384 g/mol. The molecule has 10 heteroatoms. The lowest BCUT2D eigenvalue weighted by Gasteiger charge is -2.30. The first kappa shape index (κ1) is 18.9. The molecule has 140 valence electrons. The summed E-state index contributed by atoms with van der Waals surface area (Å²) in [4.78, 5) is 12.9. The monoisotopic (exact) mass is 402 g/mol. The van der Waals surface area contributed by atoms with Crippen LogP contribution in [0.25, 0.3) is 0 Å². The summed E-state index contributed by atoms with van der Waals surface area (Å²) in [6.45, 7) is 1.59. The van der Waals surface area contributed by atoms with Crippen LogP contribution in [0.4, 0.5) is 14.5 Å². The number of sulfonamides is 1. The summed E-state index contributed by atoms with van der Waals surface area (Å²) < 4.78 is 53.3. The molecule has 6 nitrogen and oxygen atoms in total. The van der Waals surface area contributed by atoms with Crippen LogP contribution in [0.15, 0.2) is 39.9 Å². The van der Waals surface area contributed by atoms with Crippen LogP contribution in [0.2, 0.25) is 0 Å². The highest BCUT2D eigenvalue weighted by Crippen LogP contribution is 2.20. The molecule has 1 aliphatic rings. The van der Waals surface area contributed by atoms with Gasteiger partial charge in [-0.2, -0.15) is 4.31 Å². The lowest BCUT2D eigenvalue weighted by atomic mass is 10.3. The van der Waals surface area contributed by atoms with Gasteiger partial charge in [0.15, 0.2) is 6.54 Å². The predicted octanol–water partition coefficient (Wildman–Crippen LogP) is 0.554. The van der Waals surface area contributed by atoms with Gasteiger partial charge in [0.2, 0.25) is 0 Å². The minimum atomic E-state index is -3.48. The van der Waals surface area contributed by atoms with Gasteiger partial charge in [-0.05, 0) is 23.6 Å². The van der Waals surface area contributed by atoms with E-state index in [0.29, 0.717) is 30.4 Å². The summed E-state index contributed by atoms with van der Waals surface area (Å²) in [5.41, 5.74) is -0.201. The number of quaternary nitrogens is 1. The Bertz CT molecular complexity index is 880. The van der Waals surface area contributed by atoms with Crippen molar-refractivity contribution in [2.75, 3.05) is 38.0 Å². The number of nitrogens with zero attached hydrogens (tertiary/aromatic N) is 1. The van der Waals surface area contributed by atoms with Crippen molar-refractivity contribution < 1.29 is 26.9 Å². The second-order valence-electron chi connectivity index (χ2n) is 5.94. The van der Waals surface area contributed by atoms with Gasteiger partial charge in [0.05, 0.1) is 31.9 Å². The number of hydrogen-bond acceptors (Lipinski definition) is 4. The Morgan fingerprint density at radius 3 is 2.62 bits per heavy atom. The van der Waals surface area contributed by atoms with Crippen LogP contribution in [-0.2, 0) is 14.8 Å². The minimum Gasteiger partial charge on any atom is -0.325 e. The Labute approximate surface area is 154 Å². The highest BCUT2D eigenvalue weighted by Gasteiger charge is 2.31. The molecule has 1 aromatic carbocycles. The van der Waals surface area contributed by atoms with E-state index in [-0.39, 0.29) is 12.2 Å². The number of piperazine rings is 1. The van der Waals surface area contributed by atoms with E-state index in [9.17, 15) is 22.0 Å². The Balaban J connectivity index is 1.54. The van der Waals surface area contributed by atoms with Crippen molar-refractivity contribution in [3.63, 3.8) is 0 Å². The number of amides is 1. The van der Waals surface area contributed by atoms with Gasteiger partial charge in [-0.1, -0.05) is 6.07 Å². The molecular formula is C16H18F2N3O3S2+. The maximum atomic E-state index is 13.6. The van der Waals surface area contributed by atoms with Crippen LogP contribution >= 0.6 is 11.3 Å². The van der Waals surface area contributed by atoms with Gasteiger partial charge in [0, 0.05) is 6.07 Å². The third-order valence-electron chi connectivity index (χ3n) is 4.13. The topological polar surface area (TPSA) is 70.9 Å². The van der Waals surface area contributed by atoms with E-state index < -0.39 is 27.6 Å². The summed E-state index contributed by atoms with van der Waals surface area (Å²) in [5, 5.41) is 4.07. The average molecular weight is 402 g/mol. The number of halogens is 2. The van der Waals surface area contributed by atoms with Crippen LogP contribution < -0.4 is 10.2 Å². The number of nitrogens with one attached hydrogen (secondary N) is 2. The molecule has 26 heavy (non-hydrogen) atoms. The van der Waals surface area contributed by atoms with E-state index in [0.717, 1.165) is 23.1 Å². The fraction of sp³-hybridized carbons (Fsp3) is 0.312. The molecule has 0 atom stereocenters. The Morgan fingerprint density at radius 1 is 1.23 bits per heavy atom. The zero-order chi connectivity index (χ0) is 18.7. The summed E-state index contributed by atoms with van der Waals surface area (Å²) in [5.74, 6) is -1.79. The van der Waals surface area contributed by atoms with Crippen molar-refractivity contribution in [3.8, 4) is 0 Å². The standard InChI is InChI=1S/C16H17F2N3O3S2/c17-12-3-4-13(18)14(10-12)19-15(22)11-20-5-7-21(8-6-20)26(23,24)16-2-1-9-25-16/h1-4,9-10H,5-8,11H2,(H,19,22)/p+1. The van der Waals surface area contributed by atoms with Gasteiger partial charge in [-0.15, -0.1) is 11.3 Å². The molecule has 0 saturated carbocycles. The molecule has 0 spiro atoms. The number of thiophene rings is 1. The van der Waals surface area contributed by atoms with E-state index in [4.69, 9.17) is 0 Å². The van der Waals surface area contributed by atoms with Crippen LogP contribution in [0, 0.1) is 11.6 Å². The molecule has 0 aliphatic carbocycles. The first-order valence-corrected chi connectivity index (χ1v) is 10.3. The quantitative estimate of drug-likeness (QED) is 0.768. The lowest BCUT2D eigenvalue weighted by molar-refractivity contribution is -0.895. The van der Waals surface area contributed by atoms with Crippen LogP contribution in [0.3, 0.4) is 0 Å². The Kier molecular flexibility index (Phi) is 5.66. The third kappa shape index (κ3) is 4.26. The van der Waals surface area contributed by atoms with E-state index in [1.165, 1.54) is 15.6 Å². The number of carbonyl (C=O) groups is 1. The fourth-order valence-corrected chi connectivity index (χ4v) is 5.36. The second-order valence-corrected chi connectivity index (χ2v) is 9.05. The van der Waals surface area contributed by atoms with Crippen molar-refractivity contribution in [1.82, 2.24) is 4.31 Å². The molecule has 0 radical (unpaired) electrons. The van der Waals surface area contributed by atoms with E-state index in [2.05, 4.69) is 5.32 Å². The first-order valence-electron chi connectivity index (χ1n) is 7.98. The smallest absolute Gasteiger partial charge is 0.279 e. The number of carbonyl (C=O) groups excluding carboxylic acids is 1. The molecule has 2 heterocycles. The molecule has 0 unspecified atom stereocenters. The second kappa shape index (κ2) is 7.78. The van der Waals surface area contributed by atoms with Crippen LogP contribution in [-0.4, -0.2) is 51.4 Å². The highest BCUT2D eigenvalue weighted by atomic mass is 32.2. The molecule has 1 amide bonds. The van der Waals surface area contributed by atoms with Crippen LogP contribution in [0.1, 0.15) is 0 Å². The van der Waals surface area contributed by atoms with Crippen molar-refractivity contribution in [2.45, 2.75) is 4.21 Å². The van der Waals surface area contributed by atoms with Crippen molar-refractivity contribution >= 4 is 33.0 Å². The molecule has 0 bridgehead atoms. The summed E-state index contributed by atoms with van der Waals surface area (Å²) in [6.07, 6.45) is 0. The fourth-order valence-electron chi connectivity index (χ4n) is 2.77. The van der Waals surface area contributed by atoms with E-state index in [1.54, 1.807) is 17.5 Å². The molecule has 1 aliphatic heterocycles. The zero-order valence-electron chi connectivity index (χ0n) is 13.7. The van der Waals surface area contributed by atoms with E-state index in [1.807, 2.05) is 0 Å². The van der Waals surface area contributed by atoms with Gasteiger partial charge in [-0.3, -0.25) is 4.79 Å². The average Bonchev–Trinajstić information content (AvgIpc) is 3.14. The molecule has 1 aromatic heterocycles. The number of benzene rings is 1. The molecule has 1 fully saturated rings. The SMILES string of the molecule is O=C(C[NH+]1CCN(S(=O)(=O)c2cccs2)CC1)Nc1cc(F)ccc1F. The summed E-state index contributed by atoms with van der Waals surface area (Å²) >= 11 is 1.17. The largest absolute Gasteiger partial charge is 0.325 e. The zero-order valence-corrected chi connectivity index (χ0v) is 15.4. The van der Waals surface area contributed by atoms with Gasteiger partial charge in [-0.25, -0.2) is 17.2 Å². The normalized spacial score (nSPS) is 16.5. The van der Waals surface area contributed by atoms with E-state index >= 15 is 0 Å². The molecule has 3 rings (SSSR count). The number of rotatable bonds is 5. The minimum absolute atomic E-state index is 0.0584. The Hall–Kier alpha value is -1.88. The van der Waals surface area contributed by atoms with Gasteiger partial charge in [0.25, 0.3) is 15.9 Å². The third-order valence-corrected chi connectivity index (χ3v) is 7.40. The summed E-state index contributed by atoms with van der Waals surface area (Å²) in [6, 6.07) is 6.11. The molecule has 2 N–H and O–H groups in total. The molecule has 1 saturated heterocycles. The van der Waals surface area contributed by atoms with Crippen molar-refractivity contribution in [1.29, 1.82) is 0 Å². The van der Waals surface area contributed by atoms with Gasteiger partial charge < -0.3 is 10.2 Å². The highest BCUT2D eigenvalue weighted by molar-refractivity contribution is 7.91. The number of anilines is 1. The maximum Gasteiger partial charge on any atom is 0.279 e. The number of hydrogen-bond donors (Lipinski definition) is 2. The van der Waals surface area contributed by atoms with Crippen molar-refractivity contribution in [3.05, 3.63) is 47.3 Å². The lowest BCUT2D eigenvalue weighted by Crippen LogP contribution is -3.15. The summed E-state index contributed by atoms with van der Waals surface area (Å²) in [7, 11) is -3.48. The van der Waals surface area contributed by atoms with Crippen molar-refractivity contribution in [2.24, 2.45) is 0 Å². The maximum absolute atomic E-state index is 13.6. The van der Waals surface area contributed by atoms with Crippen LogP contribution in [0.5, 0.6) is 0 Å². The molecule has 2 aromatic rings. The first-order chi connectivity index (χ1) is 12.4. The predicted molar refractivity (Wildman–Crippen MR) is 93.6 cm³/mol. The Morgan fingerprint density at radius 2 is 1.96 bits per heavy atom.